The number of nitrogen functional groups attached to an aromatic ring is 1. The number of anilines is 2. The molecule has 4 aromatic rings. The number of amides is 1. The molecule has 1 fully saturated rings. The van der Waals surface area contributed by atoms with Crippen molar-refractivity contribution in [3.63, 3.8) is 0 Å². The number of nitrogens with zero attached hydrogens (tertiary/aromatic N) is 6. The summed E-state index contributed by atoms with van der Waals surface area (Å²) in [6.07, 6.45) is 8.88. The minimum atomic E-state index is -0.366. The summed E-state index contributed by atoms with van der Waals surface area (Å²) in [5, 5.41) is 7.81. The molecule has 1 atom stereocenters. The third kappa shape index (κ3) is 3.75. The second-order valence-electron chi connectivity index (χ2n) is 8.19. The van der Waals surface area contributed by atoms with E-state index in [0.717, 1.165) is 42.8 Å². The quantitative estimate of drug-likeness (QED) is 0.462. The SMILES string of the molecule is COC1CCN(c2c(C(C)NC(=O)c3c(N)nn4cccnc34)cc(Cl)c3cncn23)CC1. The fraction of sp³-hybridized carbons (Fsp3) is 0.364. The summed E-state index contributed by atoms with van der Waals surface area (Å²) in [5.41, 5.74) is 8.40. The number of hydrogen-bond donors (Lipinski definition) is 2. The third-order valence-electron chi connectivity index (χ3n) is 6.19. The molecule has 5 heterocycles. The van der Waals surface area contributed by atoms with Crippen molar-refractivity contribution >= 4 is 40.3 Å². The van der Waals surface area contributed by atoms with Gasteiger partial charge in [-0.3, -0.25) is 9.20 Å². The minimum Gasteiger partial charge on any atom is -0.381 e. The van der Waals surface area contributed by atoms with Crippen molar-refractivity contribution in [2.45, 2.75) is 31.9 Å². The average Bonchev–Trinajstić information content (AvgIpc) is 3.43. The van der Waals surface area contributed by atoms with Crippen LogP contribution in [-0.4, -0.2) is 56.2 Å². The van der Waals surface area contributed by atoms with Crippen molar-refractivity contribution < 1.29 is 9.53 Å². The number of ether oxygens (including phenoxy) is 1. The maximum absolute atomic E-state index is 13.2. The Labute approximate surface area is 195 Å². The molecule has 1 saturated heterocycles. The van der Waals surface area contributed by atoms with E-state index in [0.29, 0.717) is 10.7 Å². The summed E-state index contributed by atoms with van der Waals surface area (Å²) in [5.74, 6) is 0.739. The van der Waals surface area contributed by atoms with E-state index in [1.807, 2.05) is 17.4 Å². The molecule has 5 rings (SSSR count). The Morgan fingerprint density at radius 2 is 2.15 bits per heavy atom. The van der Waals surface area contributed by atoms with Crippen molar-refractivity contribution in [1.29, 1.82) is 0 Å². The van der Waals surface area contributed by atoms with Crippen molar-refractivity contribution in [2.24, 2.45) is 0 Å². The normalized spacial score (nSPS) is 15.9. The number of methoxy groups -OCH3 is 1. The lowest BCUT2D eigenvalue weighted by Crippen LogP contribution is -2.39. The molecular weight excluding hydrogens is 444 g/mol. The second-order valence-corrected chi connectivity index (χ2v) is 8.59. The van der Waals surface area contributed by atoms with Gasteiger partial charge in [-0.1, -0.05) is 11.6 Å². The third-order valence-corrected chi connectivity index (χ3v) is 6.49. The van der Waals surface area contributed by atoms with E-state index in [1.165, 1.54) is 4.52 Å². The van der Waals surface area contributed by atoms with Crippen LogP contribution in [-0.2, 0) is 4.74 Å². The van der Waals surface area contributed by atoms with Gasteiger partial charge in [0.05, 0.1) is 28.9 Å². The number of fused-ring (bicyclic) bond motifs is 2. The molecule has 4 aromatic heterocycles. The number of rotatable bonds is 5. The van der Waals surface area contributed by atoms with Crippen molar-refractivity contribution in [3.8, 4) is 0 Å². The maximum atomic E-state index is 13.2. The molecular formula is C22H25ClN8O2. The smallest absolute Gasteiger partial charge is 0.259 e. The van der Waals surface area contributed by atoms with Crippen LogP contribution in [0.4, 0.5) is 11.6 Å². The molecule has 0 aliphatic carbocycles. The topological polar surface area (TPSA) is 115 Å². The summed E-state index contributed by atoms with van der Waals surface area (Å²) in [4.78, 5) is 24.1. The first-order valence-corrected chi connectivity index (χ1v) is 11.2. The molecule has 172 valence electrons. The van der Waals surface area contributed by atoms with Crippen LogP contribution in [0.1, 0.15) is 41.7 Å². The Morgan fingerprint density at radius 3 is 2.91 bits per heavy atom. The Hall–Kier alpha value is -3.37. The lowest BCUT2D eigenvalue weighted by atomic mass is 10.0. The first-order valence-electron chi connectivity index (χ1n) is 10.8. The molecule has 0 spiro atoms. The first-order chi connectivity index (χ1) is 16.0. The number of halogens is 1. The van der Waals surface area contributed by atoms with Gasteiger partial charge >= 0.3 is 0 Å². The van der Waals surface area contributed by atoms with Crippen LogP contribution in [0, 0.1) is 0 Å². The van der Waals surface area contributed by atoms with Gasteiger partial charge in [0.25, 0.3) is 5.91 Å². The highest BCUT2D eigenvalue weighted by atomic mass is 35.5. The molecule has 33 heavy (non-hydrogen) atoms. The van der Waals surface area contributed by atoms with Crippen LogP contribution in [0.2, 0.25) is 5.02 Å². The molecule has 1 amide bonds. The zero-order valence-electron chi connectivity index (χ0n) is 18.4. The highest BCUT2D eigenvalue weighted by Gasteiger charge is 2.27. The Morgan fingerprint density at radius 1 is 1.36 bits per heavy atom. The fourth-order valence-electron chi connectivity index (χ4n) is 4.48. The van der Waals surface area contributed by atoms with E-state index in [9.17, 15) is 4.79 Å². The van der Waals surface area contributed by atoms with E-state index in [1.54, 1.807) is 38.1 Å². The van der Waals surface area contributed by atoms with Gasteiger partial charge < -0.3 is 20.7 Å². The number of pyridine rings is 1. The Kier molecular flexibility index (Phi) is 5.55. The van der Waals surface area contributed by atoms with Gasteiger partial charge in [0.15, 0.2) is 11.5 Å². The van der Waals surface area contributed by atoms with Crippen molar-refractivity contribution in [2.75, 3.05) is 30.8 Å². The first kappa shape index (κ1) is 21.5. The standard InChI is InChI=1S/C22H25ClN8O2/c1-13(27-21(32)18-19(24)28-31-7-3-6-26-20(18)31)15-10-16(23)17-11-25-12-30(17)22(15)29-8-4-14(33-2)5-9-29/h3,6-7,10-14H,4-5,8-9H2,1-2H3,(H2,24,28)(H,27,32). The number of carbonyl (C=O) groups is 1. The minimum absolute atomic E-state index is 0.128. The van der Waals surface area contributed by atoms with Gasteiger partial charge in [-0.15, -0.1) is 5.10 Å². The highest BCUT2D eigenvalue weighted by Crippen LogP contribution is 2.34. The summed E-state index contributed by atoms with van der Waals surface area (Å²) in [6, 6.07) is 3.26. The van der Waals surface area contributed by atoms with E-state index in [4.69, 9.17) is 22.1 Å². The number of nitrogens with two attached hydrogens (primary N) is 1. The Balaban J connectivity index is 1.51. The van der Waals surface area contributed by atoms with Crippen LogP contribution in [0.15, 0.2) is 37.1 Å². The summed E-state index contributed by atoms with van der Waals surface area (Å²) < 4.78 is 9.01. The molecule has 0 bridgehead atoms. The number of piperidine rings is 1. The predicted octanol–water partition coefficient (Wildman–Crippen LogP) is 2.72. The number of nitrogens with one attached hydrogen (secondary N) is 1. The Bertz CT molecular complexity index is 1320. The average molecular weight is 469 g/mol. The highest BCUT2D eigenvalue weighted by molar-refractivity contribution is 6.34. The fourth-order valence-corrected chi connectivity index (χ4v) is 4.74. The zero-order valence-corrected chi connectivity index (χ0v) is 19.2. The number of carbonyl (C=O) groups excluding carboxylic acids is 1. The van der Waals surface area contributed by atoms with Gasteiger partial charge in [0.1, 0.15) is 17.7 Å². The van der Waals surface area contributed by atoms with E-state index in [2.05, 4.69) is 25.3 Å². The summed E-state index contributed by atoms with van der Waals surface area (Å²) >= 11 is 6.59. The molecule has 1 aliphatic heterocycles. The molecule has 1 unspecified atom stereocenters. The molecule has 10 nitrogen and oxygen atoms in total. The predicted molar refractivity (Wildman–Crippen MR) is 126 cm³/mol. The van der Waals surface area contributed by atoms with E-state index < -0.39 is 0 Å². The van der Waals surface area contributed by atoms with Gasteiger partial charge in [0.2, 0.25) is 0 Å². The number of aromatic nitrogens is 5. The van der Waals surface area contributed by atoms with Crippen molar-refractivity contribution in [3.05, 3.63) is 53.2 Å². The van der Waals surface area contributed by atoms with Crippen LogP contribution < -0.4 is 16.0 Å². The molecule has 1 aliphatic rings. The molecule has 3 N–H and O–H groups in total. The molecule has 11 heteroatoms. The number of hydrogen-bond acceptors (Lipinski definition) is 7. The summed E-state index contributed by atoms with van der Waals surface area (Å²) in [7, 11) is 1.75. The van der Waals surface area contributed by atoms with Crippen molar-refractivity contribution in [1.82, 2.24) is 29.3 Å². The zero-order chi connectivity index (χ0) is 23.1. The van der Waals surface area contributed by atoms with Crippen LogP contribution in [0.5, 0.6) is 0 Å². The molecule has 0 radical (unpaired) electrons. The van der Waals surface area contributed by atoms with Crippen LogP contribution in [0.3, 0.4) is 0 Å². The largest absolute Gasteiger partial charge is 0.381 e. The van der Waals surface area contributed by atoms with Crippen LogP contribution >= 0.6 is 11.6 Å². The van der Waals surface area contributed by atoms with Gasteiger partial charge in [0, 0.05) is 38.2 Å². The van der Waals surface area contributed by atoms with Crippen LogP contribution in [0.25, 0.3) is 11.2 Å². The lowest BCUT2D eigenvalue weighted by Gasteiger charge is -2.35. The van der Waals surface area contributed by atoms with Gasteiger partial charge in [-0.25, -0.2) is 14.5 Å². The summed E-state index contributed by atoms with van der Waals surface area (Å²) in [6.45, 7) is 3.57. The maximum Gasteiger partial charge on any atom is 0.259 e. The second kappa shape index (κ2) is 8.53. The van der Waals surface area contributed by atoms with Gasteiger partial charge in [-0.2, -0.15) is 0 Å². The molecule has 0 aromatic carbocycles. The van der Waals surface area contributed by atoms with E-state index >= 15 is 0 Å². The monoisotopic (exact) mass is 468 g/mol. The lowest BCUT2D eigenvalue weighted by molar-refractivity contribution is 0.0817. The van der Waals surface area contributed by atoms with Gasteiger partial charge in [-0.05, 0) is 31.9 Å². The molecule has 0 saturated carbocycles. The number of imidazole rings is 1. The van der Waals surface area contributed by atoms with E-state index in [-0.39, 0.29) is 29.4 Å².